The number of aliphatic hydroxyl groups is 1. The summed E-state index contributed by atoms with van der Waals surface area (Å²) in [5.74, 6) is 1.04. The van der Waals surface area contributed by atoms with Crippen LogP contribution in [0.5, 0.6) is 0 Å². The Morgan fingerprint density at radius 1 is 1.32 bits per heavy atom. The lowest BCUT2D eigenvalue weighted by molar-refractivity contribution is 0.0523. The number of aliphatic hydroxyl groups excluding tert-OH is 1. The highest BCUT2D eigenvalue weighted by Crippen LogP contribution is 2.17. The molecular formula is C16H29N5O. The van der Waals surface area contributed by atoms with Gasteiger partial charge in [0.25, 0.3) is 0 Å². The Morgan fingerprint density at radius 2 is 2.05 bits per heavy atom. The third-order valence-corrected chi connectivity index (χ3v) is 4.28. The van der Waals surface area contributed by atoms with Crippen LogP contribution in [0.1, 0.15) is 32.3 Å². The molecule has 0 amide bonds. The Labute approximate surface area is 133 Å². The van der Waals surface area contributed by atoms with Gasteiger partial charge in [-0.05, 0) is 25.3 Å². The average molecular weight is 307 g/mol. The molecule has 0 saturated carbocycles. The van der Waals surface area contributed by atoms with Crippen LogP contribution in [0.25, 0.3) is 0 Å². The van der Waals surface area contributed by atoms with Crippen molar-refractivity contribution in [2.45, 2.75) is 39.3 Å². The lowest BCUT2D eigenvalue weighted by Crippen LogP contribution is -2.53. The maximum absolute atomic E-state index is 9.34. The molecule has 0 aromatic carbocycles. The van der Waals surface area contributed by atoms with Crippen molar-refractivity contribution in [2.75, 3.05) is 38.5 Å². The molecule has 3 N–H and O–H groups in total. The highest BCUT2D eigenvalue weighted by molar-refractivity contribution is 5.17. The van der Waals surface area contributed by atoms with E-state index in [0.29, 0.717) is 12.0 Å². The summed E-state index contributed by atoms with van der Waals surface area (Å²) in [6.07, 6.45) is 5.66. The number of aromatic nitrogens is 2. The first-order valence-corrected chi connectivity index (χ1v) is 8.22. The second-order valence-electron chi connectivity index (χ2n) is 6.57. The maximum atomic E-state index is 9.34. The molecule has 2 heterocycles. The highest BCUT2D eigenvalue weighted by atomic mass is 16.3. The Morgan fingerprint density at radius 3 is 2.68 bits per heavy atom. The van der Waals surface area contributed by atoms with Gasteiger partial charge in [0, 0.05) is 56.8 Å². The summed E-state index contributed by atoms with van der Waals surface area (Å²) in [6, 6.07) is 0.437. The molecule has 6 nitrogen and oxygen atoms in total. The molecule has 1 aromatic heterocycles. The average Bonchev–Trinajstić information content (AvgIpc) is 2.49. The van der Waals surface area contributed by atoms with E-state index in [-0.39, 0.29) is 6.61 Å². The third kappa shape index (κ3) is 5.19. The molecule has 1 unspecified atom stereocenters. The summed E-state index contributed by atoms with van der Waals surface area (Å²) in [7, 11) is 0. The van der Waals surface area contributed by atoms with Crippen LogP contribution >= 0.6 is 0 Å². The first-order chi connectivity index (χ1) is 10.6. The number of nitrogens with two attached hydrogens (primary N) is 1. The Bertz CT molecular complexity index is 437. The fourth-order valence-corrected chi connectivity index (χ4v) is 2.95. The molecule has 0 radical (unpaired) electrons. The van der Waals surface area contributed by atoms with Crippen molar-refractivity contribution in [3.63, 3.8) is 0 Å². The van der Waals surface area contributed by atoms with Gasteiger partial charge in [-0.15, -0.1) is 0 Å². The molecule has 0 spiro atoms. The largest absolute Gasteiger partial charge is 0.396 e. The first-order valence-electron chi connectivity index (χ1n) is 8.22. The predicted octanol–water partition coefficient (Wildman–Crippen LogP) is 0.974. The Kier molecular flexibility index (Phi) is 6.54. The molecule has 1 aliphatic heterocycles. The Hall–Kier alpha value is -1.24. The second kappa shape index (κ2) is 8.41. The fourth-order valence-electron chi connectivity index (χ4n) is 2.95. The van der Waals surface area contributed by atoms with Gasteiger partial charge in [0.2, 0.25) is 5.95 Å². The van der Waals surface area contributed by atoms with Crippen LogP contribution in [-0.4, -0.2) is 63.7 Å². The molecule has 1 atom stereocenters. The Balaban J connectivity index is 1.89. The number of hydrogen-bond acceptors (Lipinski definition) is 6. The van der Waals surface area contributed by atoms with Gasteiger partial charge >= 0.3 is 0 Å². The van der Waals surface area contributed by atoms with E-state index in [9.17, 15) is 5.11 Å². The van der Waals surface area contributed by atoms with E-state index in [0.717, 1.165) is 50.6 Å². The van der Waals surface area contributed by atoms with Crippen LogP contribution < -0.4 is 5.73 Å². The number of nitrogen functional groups attached to an aromatic ring is 1. The zero-order valence-electron chi connectivity index (χ0n) is 13.8. The van der Waals surface area contributed by atoms with Crippen molar-refractivity contribution >= 4 is 5.95 Å². The number of piperazine rings is 1. The highest BCUT2D eigenvalue weighted by Gasteiger charge is 2.26. The van der Waals surface area contributed by atoms with Crippen molar-refractivity contribution in [1.82, 2.24) is 19.8 Å². The van der Waals surface area contributed by atoms with Gasteiger partial charge in [-0.25, -0.2) is 9.97 Å². The van der Waals surface area contributed by atoms with E-state index in [1.54, 1.807) is 12.4 Å². The summed E-state index contributed by atoms with van der Waals surface area (Å²) in [5, 5.41) is 9.34. The molecule has 22 heavy (non-hydrogen) atoms. The molecule has 124 valence electrons. The van der Waals surface area contributed by atoms with Crippen molar-refractivity contribution in [2.24, 2.45) is 5.92 Å². The van der Waals surface area contributed by atoms with Gasteiger partial charge in [-0.3, -0.25) is 9.80 Å². The van der Waals surface area contributed by atoms with Gasteiger partial charge in [0.1, 0.15) is 0 Å². The van der Waals surface area contributed by atoms with Gasteiger partial charge in [0.15, 0.2) is 0 Å². The zero-order valence-corrected chi connectivity index (χ0v) is 13.8. The van der Waals surface area contributed by atoms with E-state index in [2.05, 4.69) is 33.6 Å². The van der Waals surface area contributed by atoms with E-state index >= 15 is 0 Å². The summed E-state index contributed by atoms with van der Waals surface area (Å²) in [6.45, 7) is 9.85. The molecule has 6 heteroatoms. The lowest BCUT2D eigenvalue weighted by Gasteiger charge is -2.41. The monoisotopic (exact) mass is 307 g/mol. The summed E-state index contributed by atoms with van der Waals surface area (Å²) >= 11 is 0. The van der Waals surface area contributed by atoms with Crippen LogP contribution in [0.15, 0.2) is 12.4 Å². The molecule has 0 bridgehead atoms. The standard InChI is InChI=1S/C16H29N5O/c1-13(2)3-5-21-7-6-20(12-15(21)4-8-22)11-14-9-18-16(17)19-10-14/h9-10,13,15,22H,3-8,11-12H2,1-2H3,(H2,17,18,19). The minimum Gasteiger partial charge on any atom is -0.396 e. The normalized spacial score (nSPS) is 20.6. The second-order valence-corrected chi connectivity index (χ2v) is 6.57. The summed E-state index contributed by atoms with van der Waals surface area (Å²) in [4.78, 5) is 13.1. The van der Waals surface area contributed by atoms with Crippen molar-refractivity contribution in [3.05, 3.63) is 18.0 Å². The minimum absolute atomic E-state index is 0.252. The molecule has 0 aliphatic carbocycles. The quantitative estimate of drug-likeness (QED) is 0.781. The molecule has 1 aliphatic rings. The van der Waals surface area contributed by atoms with E-state index in [1.807, 2.05) is 0 Å². The number of anilines is 1. The number of hydrogen-bond donors (Lipinski definition) is 2. The van der Waals surface area contributed by atoms with Gasteiger partial charge in [-0.1, -0.05) is 13.8 Å². The smallest absolute Gasteiger partial charge is 0.219 e. The van der Waals surface area contributed by atoms with Gasteiger partial charge in [-0.2, -0.15) is 0 Å². The third-order valence-electron chi connectivity index (χ3n) is 4.28. The minimum atomic E-state index is 0.252. The SMILES string of the molecule is CC(C)CCN1CCN(Cc2cnc(N)nc2)CC1CCO. The van der Waals surface area contributed by atoms with Crippen molar-refractivity contribution in [1.29, 1.82) is 0 Å². The maximum Gasteiger partial charge on any atom is 0.219 e. The predicted molar refractivity (Wildman–Crippen MR) is 88.2 cm³/mol. The van der Waals surface area contributed by atoms with E-state index in [1.165, 1.54) is 6.42 Å². The van der Waals surface area contributed by atoms with E-state index < -0.39 is 0 Å². The first kappa shape index (κ1) is 17.1. The zero-order chi connectivity index (χ0) is 15.9. The number of nitrogens with zero attached hydrogens (tertiary/aromatic N) is 4. The molecule has 1 aromatic rings. The van der Waals surface area contributed by atoms with Crippen LogP contribution in [0, 0.1) is 5.92 Å². The molecular weight excluding hydrogens is 278 g/mol. The van der Waals surface area contributed by atoms with Gasteiger partial charge in [0.05, 0.1) is 0 Å². The van der Waals surface area contributed by atoms with Crippen LogP contribution in [0.4, 0.5) is 5.95 Å². The molecule has 1 saturated heterocycles. The topological polar surface area (TPSA) is 78.5 Å². The summed E-state index contributed by atoms with van der Waals surface area (Å²) in [5.41, 5.74) is 6.62. The van der Waals surface area contributed by atoms with E-state index in [4.69, 9.17) is 5.73 Å². The van der Waals surface area contributed by atoms with Crippen LogP contribution in [-0.2, 0) is 6.54 Å². The van der Waals surface area contributed by atoms with Gasteiger partial charge < -0.3 is 10.8 Å². The lowest BCUT2D eigenvalue weighted by atomic mass is 10.1. The number of rotatable bonds is 7. The molecule has 2 rings (SSSR count). The van der Waals surface area contributed by atoms with Crippen LogP contribution in [0.3, 0.4) is 0 Å². The molecule has 1 fully saturated rings. The van der Waals surface area contributed by atoms with Crippen LogP contribution in [0.2, 0.25) is 0 Å². The fraction of sp³-hybridized carbons (Fsp3) is 0.750. The summed E-state index contributed by atoms with van der Waals surface area (Å²) < 4.78 is 0. The van der Waals surface area contributed by atoms with Crippen molar-refractivity contribution in [3.8, 4) is 0 Å². The van der Waals surface area contributed by atoms with Crippen molar-refractivity contribution < 1.29 is 5.11 Å².